The monoisotopic (exact) mass is 241 g/mol. The van der Waals surface area contributed by atoms with Gasteiger partial charge in [0.15, 0.2) is 0 Å². The summed E-state index contributed by atoms with van der Waals surface area (Å²) in [5.74, 6) is 0.973. The van der Waals surface area contributed by atoms with Crippen molar-refractivity contribution >= 4 is 0 Å². The Morgan fingerprint density at radius 1 is 1.33 bits per heavy atom. The van der Waals surface area contributed by atoms with Crippen molar-refractivity contribution in [3.63, 3.8) is 0 Å². The van der Waals surface area contributed by atoms with Gasteiger partial charge in [-0.05, 0) is 13.0 Å². The smallest absolute Gasteiger partial charge is 0.124 e. The van der Waals surface area contributed by atoms with Crippen LogP contribution in [0.25, 0.3) is 0 Å². The molecule has 1 aliphatic rings. The summed E-state index contributed by atoms with van der Waals surface area (Å²) in [5.41, 5.74) is 2.16. The molecule has 3 rings (SSSR count). The number of nitrogens with one attached hydrogen (secondary N) is 1. The lowest BCUT2D eigenvalue weighted by Gasteiger charge is -2.17. The quantitative estimate of drug-likeness (QED) is 0.895. The van der Waals surface area contributed by atoms with Crippen molar-refractivity contribution < 1.29 is 4.74 Å². The maximum atomic E-state index is 5.65. The van der Waals surface area contributed by atoms with Gasteiger partial charge in [0.25, 0.3) is 0 Å². The molecule has 0 radical (unpaired) electrons. The van der Waals surface area contributed by atoms with Gasteiger partial charge >= 0.3 is 0 Å². The number of ether oxygens (including phenoxy) is 1. The Balaban J connectivity index is 1.75. The number of para-hydroxylation sites is 1. The van der Waals surface area contributed by atoms with Crippen molar-refractivity contribution in [2.24, 2.45) is 0 Å². The number of benzene rings is 1. The van der Waals surface area contributed by atoms with Crippen LogP contribution in [0.1, 0.15) is 30.3 Å². The Morgan fingerprint density at radius 3 is 3.06 bits per heavy atom. The Bertz CT molecular complexity index is 530. The number of hydrogen-bond donors (Lipinski definition) is 1. The minimum absolute atomic E-state index is 0.151. The maximum absolute atomic E-state index is 5.65. The molecule has 2 atom stereocenters. The van der Waals surface area contributed by atoms with Crippen LogP contribution in [0.3, 0.4) is 0 Å². The second-order valence-corrected chi connectivity index (χ2v) is 4.42. The summed E-state index contributed by atoms with van der Waals surface area (Å²) in [6, 6.07) is 8.51. The highest BCUT2D eigenvalue weighted by Gasteiger charge is 2.25. The van der Waals surface area contributed by atoms with E-state index in [4.69, 9.17) is 4.74 Å². The Morgan fingerprint density at radius 2 is 2.22 bits per heavy atom. The lowest BCUT2D eigenvalue weighted by molar-refractivity contribution is 0.300. The molecule has 0 aliphatic carbocycles. The van der Waals surface area contributed by atoms with Crippen LogP contribution in [-0.2, 0) is 0 Å². The molecule has 2 aromatic rings. The van der Waals surface area contributed by atoms with Crippen LogP contribution in [0.5, 0.6) is 5.75 Å². The van der Waals surface area contributed by atoms with Crippen LogP contribution in [-0.4, -0.2) is 16.6 Å². The van der Waals surface area contributed by atoms with Gasteiger partial charge in [0.2, 0.25) is 0 Å². The molecule has 2 unspecified atom stereocenters. The van der Waals surface area contributed by atoms with Gasteiger partial charge < -0.3 is 4.74 Å². The van der Waals surface area contributed by atoms with E-state index in [1.807, 2.05) is 18.2 Å². The van der Waals surface area contributed by atoms with Crippen molar-refractivity contribution in [3.05, 3.63) is 54.1 Å². The molecule has 2 heterocycles. The van der Waals surface area contributed by atoms with Gasteiger partial charge in [-0.25, -0.2) is 0 Å². The van der Waals surface area contributed by atoms with Crippen LogP contribution >= 0.6 is 0 Å². The number of hydrogen-bond acceptors (Lipinski definition) is 4. The lowest BCUT2D eigenvalue weighted by atomic mass is 10.1. The Hall–Kier alpha value is -1.94. The van der Waals surface area contributed by atoms with Gasteiger partial charge in [-0.1, -0.05) is 18.2 Å². The fourth-order valence-corrected chi connectivity index (χ4v) is 2.22. The average molecular weight is 241 g/mol. The van der Waals surface area contributed by atoms with E-state index in [-0.39, 0.29) is 12.1 Å². The van der Waals surface area contributed by atoms with Gasteiger partial charge in [-0.15, -0.1) is 0 Å². The summed E-state index contributed by atoms with van der Waals surface area (Å²) in [6.45, 7) is 2.76. The molecular formula is C14H15N3O. The molecule has 4 heteroatoms. The minimum Gasteiger partial charge on any atom is -0.491 e. The molecule has 1 N–H and O–H groups in total. The zero-order valence-electron chi connectivity index (χ0n) is 10.2. The first kappa shape index (κ1) is 11.2. The zero-order valence-corrected chi connectivity index (χ0v) is 10.2. The fraction of sp³-hybridized carbons (Fsp3) is 0.286. The molecule has 1 aromatic carbocycles. The summed E-state index contributed by atoms with van der Waals surface area (Å²) < 4.78 is 5.65. The molecule has 0 fully saturated rings. The van der Waals surface area contributed by atoms with Gasteiger partial charge in [0.05, 0.1) is 11.7 Å². The molecule has 4 nitrogen and oxygen atoms in total. The summed E-state index contributed by atoms with van der Waals surface area (Å²) in [6.07, 6.45) is 5.19. The predicted octanol–water partition coefficient (Wildman–Crippen LogP) is 2.26. The predicted molar refractivity (Wildman–Crippen MR) is 68.3 cm³/mol. The van der Waals surface area contributed by atoms with E-state index >= 15 is 0 Å². The van der Waals surface area contributed by atoms with Gasteiger partial charge in [0, 0.05) is 30.2 Å². The third kappa shape index (κ3) is 2.07. The van der Waals surface area contributed by atoms with Gasteiger partial charge in [0.1, 0.15) is 12.4 Å². The first-order chi connectivity index (χ1) is 8.84. The molecule has 1 aliphatic heterocycles. The van der Waals surface area contributed by atoms with Crippen molar-refractivity contribution in [3.8, 4) is 5.75 Å². The molecule has 0 bridgehead atoms. The summed E-state index contributed by atoms with van der Waals surface area (Å²) in [4.78, 5) is 8.40. The van der Waals surface area contributed by atoms with Crippen LogP contribution in [0.15, 0.2) is 42.9 Å². The van der Waals surface area contributed by atoms with E-state index in [0.29, 0.717) is 6.61 Å². The van der Waals surface area contributed by atoms with E-state index in [2.05, 4.69) is 28.3 Å². The van der Waals surface area contributed by atoms with Crippen molar-refractivity contribution in [1.29, 1.82) is 0 Å². The Kier molecular flexibility index (Phi) is 2.94. The van der Waals surface area contributed by atoms with Crippen LogP contribution in [0, 0.1) is 0 Å². The third-order valence-corrected chi connectivity index (χ3v) is 3.18. The highest BCUT2D eigenvalue weighted by Crippen LogP contribution is 2.32. The first-order valence-corrected chi connectivity index (χ1v) is 6.08. The van der Waals surface area contributed by atoms with Crippen molar-refractivity contribution in [2.75, 3.05) is 6.61 Å². The second-order valence-electron chi connectivity index (χ2n) is 4.42. The molecule has 1 aromatic heterocycles. The van der Waals surface area contributed by atoms with E-state index in [9.17, 15) is 0 Å². The number of fused-ring (bicyclic) bond motifs is 1. The van der Waals surface area contributed by atoms with Crippen molar-refractivity contribution in [2.45, 2.75) is 19.0 Å². The molecular weight excluding hydrogens is 226 g/mol. The maximum Gasteiger partial charge on any atom is 0.124 e. The highest BCUT2D eigenvalue weighted by atomic mass is 16.5. The van der Waals surface area contributed by atoms with E-state index in [1.165, 1.54) is 5.56 Å². The fourth-order valence-electron chi connectivity index (χ4n) is 2.22. The molecule has 18 heavy (non-hydrogen) atoms. The largest absolute Gasteiger partial charge is 0.491 e. The van der Waals surface area contributed by atoms with Crippen molar-refractivity contribution in [1.82, 2.24) is 15.3 Å². The number of aromatic nitrogens is 2. The summed E-state index contributed by atoms with van der Waals surface area (Å²) >= 11 is 0. The lowest BCUT2D eigenvalue weighted by Crippen LogP contribution is -2.26. The molecule has 0 spiro atoms. The number of nitrogens with zero attached hydrogens (tertiary/aromatic N) is 2. The number of rotatable bonds is 3. The van der Waals surface area contributed by atoms with Gasteiger partial charge in [-0.2, -0.15) is 0 Å². The average Bonchev–Trinajstić information content (AvgIpc) is 2.83. The van der Waals surface area contributed by atoms with E-state index in [1.54, 1.807) is 18.6 Å². The van der Waals surface area contributed by atoms with Crippen LogP contribution in [0.2, 0.25) is 0 Å². The minimum atomic E-state index is 0.151. The second kappa shape index (κ2) is 4.74. The van der Waals surface area contributed by atoms with Gasteiger partial charge in [-0.3, -0.25) is 15.3 Å². The Labute approximate surface area is 106 Å². The third-order valence-electron chi connectivity index (χ3n) is 3.18. The summed E-state index contributed by atoms with van der Waals surface area (Å²) in [5, 5.41) is 3.52. The van der Waals surface area contributed by atoms with Crippen LogP contribution < -0.4 is 10.1 Å². The molecule has 0 amide bonds. The standard InChI is InChI=1S/C14H15N3O/c1-10(12-8-15-6-7-16-12)17-13-9-18-14-5-3-2-4-11(13)14/h2-8,10,13,17H,9H2,1H3. The van der Waals surface area contributed by atoms with E-state index in [0.717, 1.165) is 11.4 Å². The first-order valence-electron chi connectivity index (χ1n) is 6.08. The normalized spacial score (nSPS) is 19.1. The van der Waals surface area contributed by atoms with Crippen LogP contribution in [0.4, 0.5) is 0 Å². The SMILES string of the molecule is CC(NC1COc2ccccc21)c1cnccn1. The zero-order chi connectivity index (χ0) is 12.4. The topological polar surface area (TPSA) is 47.0 Å². The molecule has 0 saturated heterocycles. The van der Waals surface area contributed by atoms with E-state index < -0.39 is 0 Å². The molecule has 0 saturated carbocycles. The molecule has 92 valence electrons. The highest BCUT2D eigenvalue weighted by molar-refractivity contribution is 5.39. The summed E-state index contributed by atoms with van der Waals surface area (Å²) in [7, 11) is 0.